The summed E-state index contributed by atoms with van der Waals surface area (Å²) in [6, 6.07) is 1.47. The summed E-state index contributed by atoms with van der Waals surface area (Å²) < 4.78 is 1.44. The summed E-state index contributed by atoms with van der Waals surface area (Å²) in [5.74, 6) is -1.32. The van der Waals surface area contributed by atoms with Crippen LogP contribution >= 0.6 is 0 Å². The first kappa shape index (κ1) is 13.2. The Morgan fingerprint density at radius 1 is 1.59 bits per heavy atom. The van der Waals surface area contributed by atoms with Crippen LogP contribution in [0, 0.1) is 0 Å². The highest BCUT2D eigenvalue weighted by atomic mass is 16.4. The average Bonchev–Trinajstić information content (AvgIpc) is 2.70. The fourth-order valence-corrected chi connectivity index (χ4v) is 1.52. The lowest BCUT2D eigenvalue weighted by Gasteiger charge is -2.26. The fraction of sp³-hybridized carbons (Fsp3) is 0.545. The molecule has 1 N–H and O–H groups in total. The molecule has 0 fully saturated rings. The van der Waals surface area contributed by atoms with Gasteiger partial charge < -0.3 is 10.0 Å². The second kappa shape index (κ2) is 5.47. The summed E-state index contributed by atoms with van der Waals surface area (Å²) in [5.41, 5.74) is 0.395. The molecule has 6 nitrogen and oxygen atoms in total. The van der Waals surface area contributed by atoms with Crippen LogP contribution in [0.25, 0.3) is 0 Å². The normalized spacial score (nSPS) is 12.2. The first-order chi connectivity index (χ1) is 7.97. The van der Waals surface area contributed by atoms with Gasteiger partial charge in [-0.3, -0.25) is 14.3 Å². The maximum Gasteiger partial charge on any atom is 0.323 e. The molecule has 1 rings (SSSR count). The van der Waals surface area contributed by atoms with Crippen molar-refractivity contribution in [3.8, 4) is 0 Å². The van der Waals surface area contributed by atoms with E-state index in [1.165, 1.54) is 15.8 Å². The zero-order valence-corrected chi connectivity index (χ0v) is 10.3. The Morgan fingerprint density at radius 3 is 2.65 bits per heavy atom. The molecule has 0 saturated heterocycles. The number of aliphatic carboxylic acids is 1. The number of aromatic nitrogens is 2. The summed E-state index contributed by atoms with van der Waals surface area (Å²) >= 11 is 0. The summed E-state index contributed by atoms with van der Waals surface area (Å²) in [7, 11) is 1.66. The number of carbonyl (C=O) groups excluding carboxylic acids is 1. The molecule has 17 heavy (non-hydrogen) atoms. The predicted molar refractivity (Wildman–Crippen MR) is 61.6 cm³/mol. The van der Waals surface area contributed by atoms with Gasteiger partial charge in [0, 0.05) is 19.3 Å². The van der Waals surface area contributed by atoms with E-state index in [1.54, 1.807) is 13.1 Å². The molecule has 0 aliphatic rings. The lowest BCUT2D eigenvalue weighted by molar-refractivity contribution is -0.138. The number of amides is 1. The summed E-state index contributed by atoms with van der Waals surface area (Å²) in [6.07, 6.45) is 2.22. The van der Waals surface area contributed by atoms with Gasteiger partial charge in [0.1, 0.15) is 12.2 Å². The van der Waals surface area contributed by atoms with Crippen LogP contribution in [0.3, 0.4) is 0 Å². The number of carbonyl (C=O) groups is 2. The smallest absolute Gasteiger partial charge is 0.323 e. The Morgan fingerprint density at radius 2 is 2.24 bits per heavy atom. The van der Waals surface area contributed by atoms with Crippen LogP contribution < -0.4 is 0 Å². The summed E-state index contributed by atoms with van der Waals surface area (Å²) in [4.78, 5) is 24.3. The number of carboxylic acids is 1. The zero-order chi connectivity index (χ0) is 13.0. The van der Waals surface area contributed by atoms with E-state index in [0.717, 1.165) is 0 Å². The molecule has 94 valence electrons. The quantitative estimate of drug-likeness (QED) is 0.822. The van der Waals surface area contributed by atoms with E-state index in [4.69, 9.17) is 5.11 Å². The number of aryl methyl sites for hydroxylation is 1. The average molecular weight is 239 g/mol. The highest BCUT2D eigenvalue weighted by Crippen LogP contribution is 2.09. The third kappa shape index (κ3) is 3.05. The predicted octanol–water partition coefficient (Wildman–Crippen LogP) is 0.745. The van der Waals surface area contributed by atoms with Gasteiger partial charge in [-0.1, -0.05) is 6.92 Å². The highest BCUT2D eigenvalue weighted by Gasteiger charge is 2.24. The maximum absolute atomic E-state index is 12.2. The van der Waals surface area contributed by atoms with Crippen LogP contribution in [-0.2, 0) is 11.8 Å². The van der Waals surface area contributed by atoms with Gasteiger partial charge in [-0.05, 0) is 19.4 Å². The van der Waals surface area contributed by atoms with Crippen LogP contribution in [0.5, 0.6) is 0 Å². The molecule has 6 heteroatoms. The van der Waals surface area contributed by atoms with Crippen LogP contribution in [-0.4, -0.2) is 44.3 Å². The standard InChI is InChI=1S/C11H17N3O3/c1-4-8(2)14(7-10(15)16)11(17)9-5-6-12-13(9)3/h5-6,8H,4,7H2,1-3H3,(H,15,16). The van der Waals surface area contributed by atoms with Gasteiger partial charge in [0.05, 0.1) is 0 Å². The lowest BCUT2D eigenvalue weighted by Crippen LogP contribution is -2.42. The molecule has 0 aliphatic heterocycles. The molecule has 0 bridgehead atoms. The first-order valence-corrected chi connectivity index (χ1v) is 5.48. The Bertz CT molecular complexity index is 414. The second-order valence-electron chi connectivity index (χ2n) is 3.92. The van der Waals surface area contributed by atoms with Gasteiger partial charge in [0.15, 0.2) is 0 Å². The Labute approximate surface area is 99.8 Å². The third-order valence-corrected chi connectivity index (χ3v) is 2.73. The molecule has 0 aliphatic carbocycles. The van der Waals surface area contributed by atoms with E-state index >= 15 is 0 Å². The minimum Gasteiger partial charge on any atom is -0.480 e. The van der Waals surface area contributed by atoms with Crippen LogP contribution in [0.15, 0.2) is 12.3 Å². The van der Waals surface area contributed by atoms with Gasteiger partial charge in [-0.25, -0.2) is 0 Å². The van der Waals surface area contributed by atoms with Crippen molar-refractivity contribution in [2.75, 3.05) is 6.54 Å². The highest BCUT2D eigenvalue weighted by molar-refractivity contribution is 5.94. The molecule has 1 aromatic rings. The summed E-state index contributed by atoms with van der Waals surface area (Å²) in [5, 5.41) is 12.7. The van der Waals surface area contributed by atoms with E-state index in [2.05, 4.69) is 5.10 Å². The first-order valence-electron chi connectivity index (χ1n) is 5.48. The molecule has 0 spiro atoms. The monoisotopic (exact) mass is 239 g/mol. The molecule has 1 atom stereocenters. The van der Waals surface area contributed by atoms with E-state index in [9.17, 15) is 9.59 Å². The molecule has 1 unspecified atom stereocenters. The van der Waals surface area contributed by atoms with Crippen molar-refractivity contribution in [1.82, 2.24) is 14.7 Å². The minimum absolute atomic E-state index is 0.117. The van der Waals surface area contributed by atoms with Crippen molar-refractivity contribution in [2.45, 2.75) is 26.3 Å². The van der Waals surface area contributed by atoms with E-state index < -0.39 is 5.97 Å². The van der Waals surface area contributed by atoms with E-state index in [-0.39, 0.29) is 18.5 Å². The van der Waals surface area contributed by atoms with E-state index in [0.29, 0.717) is 12.1 Å². The van der Waals surface area contributed by atoms with E-state index in [1.807, 2.05) is 13.8 Å². The Hall–Kier alpha value is -1.85. The third-order valence-electron chi connectivity index (χ3n) is 2.73. The molecule has 1 aromatic heterocycles. The number of carboxylic acid groups (broad SMARTS) is 1. The van der Waals surface area contributed by atoms with Gasteiger partial charge >= 0.3 is 5.97 Å². The van der Waals surface area contributed by atoms with Crippen molar-refractivity contribution in [2.24, 2.45) is 7.05 Å². The van der Waals surface area contributed by atoms with Gasteiger partial charge in [0.25, 0.3) is 5.91 Å². The molecule has 0 aromatic carbocycles. The van der Waals surface area contributed by atoms with Crippen molar-refractivity contribution in [3.05, 3.63) is 18.0 Å². The van der Waals surface area contributed by atoms with Gasteiger partial charge in [0.2, 0.25) is 0 Å². The molecule has 1 heterocycles. The topological polar surface area (TPSA) is 75.4 Å². The number of hydrogen-bond donors (Lipinski definition) is 1. The van der Waals surface area contributed by atoms with Gasteiger partial charge in [-0.15, -0.1) is 0 Å². The fourth-order valence-electron chi connectivity index (χ4n) is 1.52. The minimum atomic E-state index is -1.01. The van der Waals surface area contributed by atoms with Crippen LogP contribution in [0.1, 0.15) is 30.8 Å². The number of rotatable bonds is 5. The number of hydrogen-bond acceptors (Lipinski definition) is 3. The Kier molecular flexibility index (Phi) is 4.25. The van der Waals surface area contributed by atoms with Gasteiger partial charge in [-0.2, -0.15) is 5.10 Å². The zero-order valence-electron chi connectivity index (χ0n) is 10.3. The largest absolute Gasteiger partial charge is 0.480 e. The van der Waals surface area contributed by atoms with Crippen molar-refractivity contribution < 1.29 is 14.7 Å². The Balaban J connectivity index is 2.94. The second-order valence-corrected chi connectivity index (χ2v) is 3.92. The SMILES string of the molecule is CCC(C)N(CC(=O)O)C(=O)c1ccnn1C. The van der Waals surface area contributed by atoms with Crippen molar-refractivity contribution in [1.29, 1.82) is 0 Å². The van der Waals surface area contributed by atoms with Crippen molar-refractivity contribution in [3.63, 3.8) is 0 Å². The molecule has 1 amide bonds. The van der Waals surface area contributed by atoms with Crippen LogP contribution in [0.4, 0.5) is 0 Å². The molecular formula is C11H17N3O3. The van der Waals surface area contributed by atoms with Crippen LogP contribution in [0.2, 0.25) is 0 Å². The molecule has 0 radical (unpaired) electrons. The molecule has 0 saturated carbocycles. The number of nitrogens with zero attached hydrogens (tertiary/aromatic N) is 3. The maximum atomic E-state index is 12.2. The molecular weight excluding hydrogens is 222 g/mol. The lowest BCUT2D eigenvalue weighted by atomic mass is 10.2. The summed E-state index contributed by atoms with van der Waals surface area (Å²) in [6.45, 7) is 3.45. The van der Waals surface area contributed by atoms with Crippen molar-refractivity contribution >= 4 is 11.9 Å².